The number of hydrogen-bond donors (Lipinski definition) is 2. The number of rotatable bonds is 10. The molecule has 1 atom stereocenters. The molecule has 1 amide bonds. The van der Waals surface area contributed by atoms with Crippen molar-refractivity contribution in [3.05, 3.63) is 35.9 Å². The van der Waals surface area contributed by atoms with E-state index in [4.69, 9.17) is 10.5 Å². The zero-order valence-electron chi connectivity index (χ0n) is 12.3. The van der Waals surface area contributed by atoms with Gasteiger partial charge in [0.2, 0.25) is 5.91 Å². The molecule has 0 aliphatic heterocycles. The van der Waals surface area contributed by atoms with Crippen molar-refractivity contribution in [1.29, 1.82) is 0 Å². The maximum atomic E-state index is 11.6. The van der Waals surface area contributed by atoms with Crippen LogP contribution < -0.4 is 11.1 Å². The Labute approximate surface area is 121 Å². The molecule has 0 heterocycles. The van der Waals surface area contributed by atoms with Gasteiger partial charge in [-0.25, -0.2) is 0 Å². The monoisotopic (exact) mass is 278 g/mol. The van der Waals surface area contributed by atoms with Crippen LogP contribution >= 0.6 is 0 Å². The van der Waals surface area contributed by atoms with Crippen LogP contribution in [0.3, 0.4) is 0 Å². The van der Waals surface area contributed by atoms with Crippen molar-refractivity contribution in [1.82, 2.24) is 5.32 Å². The number of hydrogen-bond acceptors (Lipinski definition) is 3. The Morgan fingerprint density at radius 1 is 1.30 bits per heavy atom. The zero-order valence-corrected chi connectivity index (χ0v) is 12.3. The van der Waals surface area contributed by atoms with E-state index in [0.717, 1.165) is 31.2 Å². The van der Waals surface area contributed by atoms with Crippen LogP contribution in [0.1, 0.15) is 38.2 Å². The predicted octanol–water partition coefficient (Wildman–Crippen LogP) is 2.23. The summed E-state index contributed by atoms with van der Waals surface area (Å²) in [5.41, 5.74) is 6.94. The summed E-state index contributed by atoms with van der Waals surface area (Å²) < 4.78 is 5.54. The van der Waals surface area contributed by atoms with E-state index >= 15 is 0 Å². The normalized spacial score (nSPS) is 12.1. The fourth-order valence-electron chi connectivity index (χ4n) is 1.84. The Morgan fingerprint density at radius 2 is 2.05 bits per heavy atom. The Kier molecular flexibility index (Phi) is 8.67. The van der Waals surface area contributed by atoms with Gasteiger partial charge in [-0.1, -0.05) is 50.1 Å². The molecule has 0 bridgehead atoms. The Balaban J connectivity index is 2.00. The second-order valence-electron chi connectivity index (χ2n) is 4.93. The second-order valence-corrected chi connectivity index (χ2v) is 4.93. The lowest BCUT2D eigenvalue weighted by Gasteiger charge is -2.11. The summed E-state index contributed by atoms with van der Waals surface area (Å²) in [5.74, 6) is -0.0542. The van der Waals surface area contributed by atoms with E-state index in [9.17, 15) is 4.79 Å². The highest BCUT2D eigenvalue weighted by molar-refractivity contribution is 5.81. The lowest BCUT2D eigenvalue weighted by Crippen LogP contribution is -2.41. The molecule has 4 nitrogen and oxygen atoms in total. The predicted molar refractivity (Wildman–Crippen MR) is 81.2 cm³/mol. The molecule has 0 aliphatic rings. The van der Waals surface area contributed by atoms with Crippen LogP contribution in [0.2, 0.25) is 0 Å². The number of nitrogens with two attached hydrogens (primary N) is 1. The van der Waals surface area contributed by atoms with Crippen molar-refractivity contribution in [2.45, 2.75) is 45.3 Å². The van der Waals surface area contributed by atoms with Gasteiger partial charge in [0.05, 0.1) is 12.6 Å². The van der Waals surface area contributed by atoms with Crippen LogP contribution in [-0.2, 0) is 16.1 Å². The number of nitrogens with one attached hydrogen (secondary N) is 1. The quantitative estimate of drug-likeness (QED) is 0.645. The third kappa shape index (κ3) is 7.26. The van der Waals surface area contributed by atoms with Crippen LogP contribution in [0.25, 0.3) is 0 Å². The van der Waals surface area contributed by atoms with Crippen LogP contribution in [0.4, 0.5) is 0 Å². The van der Waals surface area contributed by atoms with Crippen LogP contribution in [0.5, 0.6) is 0 Å². The molecule has 1 rings (SSSR count). The maximum Gasteiger partial charge on any atom is 0.236 e. The molecule has 3 N–H and O–H groups in total. The minimum atomic E-state index is -0.375. The summed E-state index contributed by atoms with van der Waals surface area (Å²) in [6, 6.07) is 9.68. The maximum absolute atomic E-state index is 11.6. The number of unbranched alkanes of at least 4 members (excludes halogenated alkanes) is 1. The van der Waals surface area contributed by atoms with Crippen molar-refractivity contribution in [3.63, 3.8) is 0 Å². The molecule has 0 fully saturated rings. The number of amides is 1. The minimum Gasteiger partial charge on any atom is -0.377 e. The second kappa shape index (κ2) is 10.4. The van der Waals surface area contributed by atoms with E-state index in [0.29, 0.717) is 19.8 Å². The van der Waals surface area contributed by atoms with E-state index in [1.54, 1.807) is 0 Å². The number of benzene rings is 1. The molecular weight excluding hydrogens is 252 g/mol. The average molecular weight is 278 g/mol. The average Bonchev–Trinajstić information content (AvgIpc) is 2.49. The highest BCUT2D eigenvalue weighted by atomic mass is 16.5. The SMILES string of the molecule is CCCCC(N)C(=O)NCCCOCc1ccccc1. The summed E-state index contributed by atoms with van der Waals surface area (Å²) in [6.45, 7) is 3.96. The lowest BCUT2D eigenvalue weighted by atomic mass is 10.1. The first-order valence-corrected chi connectivity index (χ1v) is 7.39. The largest absolute Gasteiger partial charge is 0.377 e. The Bertz CT molecular complexity index is 368. The highest BCUT2D eigenvalue weighted by Gasteiger charge is 2.11. The first-order chi connectivity index (χ1) is 9.74. The van der Waals surface area contributed by atoms with Gasteiger partial charge in [0.1, 0.15) is 0 Å². The van der Waals surface area contributed by atoms with Crippen molar-refractivity contribution in [3.8, 4) is 0 Å². The fourth-order valence-corrected chi connectivity index (χ4v) is 1.84. The molecule has 1 unspecified atom stereocenters. The van der Waals surface area contributed by atoms with Gasteiger partial charge >= 0.3 is 0 Å². The van der Waals surface area contributed by atoms with E-state index in [1.165, 1.54) is 0 Å². The molecule has 0 spiro atoms. The zero-order chi connectivity index (χ0) is 14.6. The summed E-state index contributed by atoms with van der Waals surface area (Å²) in [6.07, 6.45) is 3.62. The van der Waals surface area contributed by atoms with Gasteiger partial charge in [-0.15, -0.1) is 0 Å². The van der Waals surface area contributed by atoms with Crippen LogP contribution in [-0.4, -0.2) is 25.1 Å². The van der Waals surface area contributed by atoms with Crippen molar-refractivity contribution < 1.29 is 9.53 Å². The van der Waals surface area contributed by atoms with Gasteiger partial charge in [-0.2, -0.15) is 0 Å². The van der Waals surface area contributed by atoms with E-state index in [1.807, 2.05) is 30.3 Å². The number of ether oxygens (including phenoxy) is 1. The third-order valence-corrected chi connectivity index (χ3v) is 3.08. The van der Waals surface area contributed by atoms with Gasteiger partial charge in [0.15, 0.2) is 0 Å². The van der Waals surface area contributed by atoms with Gasteiger partial charge in [-0.3, -0.25) is 4.79 Å². The summed E-state index contributed by atoms with van der Waals surface area (Å²) in [4.78, 5) is 11.6. The third-order valence-electron chi connectivity index (χ3n) is 3.08. The van der Waals surface area contributed by atoms with E-state index in [-0.39, 0.29) is 11.9 Å². The molecule has 0 aromatic heterocycles. The lowest BCUT2D eigenvalue weighted by molar-refractivity contribution is -0.122. The first kappa shape index (κ1) is 16.7. The van der Waals surface area contributed by atoms with Crippen molar-refractivity contribution >= 4 is 5.91 Å². The topological polar surface area (TPSA) is 64.4 Å². The highest BCUT2D eigenvalue weighted by Crippen LogP contribution is 2.01. The number of carbonyl (C=O) groups is 1. The molecular formula is C16H26N2O2. The molecule has 0 radical (unpaired) electrons. The molecule has 1 aromatic carbocycles. The summed E-state index contributed by atoms with van der Waals surface area (Å²) >= 11 is 0. The molecule has 0 saturated carbocycles. The summed E-state index contributed by atoms with van der Waals surface area (Å²) in [5, 5.41) is 2.85. The van der Waals surface area contributed by atoms with Crippen molar-refractivity contribution in [2.24, 2.45) is 5.73 Å². The van der Waals surface area contributed by atoms with Crippen molar-refractivity contribution in [2.75, 3.05) is 13.2 Å². The molecule has 112 valence electrons. The fraction of sp³-hybridized carbons (Fsp3) is 0.562. The summed E-state index contributed by atoms with van der Waals surface area (Å²) in [7, 11) is 0. The smallest absolute Gasteiger partial charge is 0.236 e. The molecule has 4 heteroatoms. The standard InChI is InChI=1S/C16H26N2O2/c1-2-3-10-15(17)16(19)18-11-7-12-20-13-14-8-5-4-6-9-14/h4-6,8-9,15H,2-3,7,10-13,17H2,1H3,(H,18,19). The first-order valence-electron chi connectivity index (χ1n) is 7.39. The molecule has 1 aromatic rings. The van der Waals surface area contributed by atoms with Gasteiger partial charge in [-0.05, 0) is 18.4 Å². The van der Waals surface area contributed by atoms with Crippen LogP contribution in [0, 0.1) is 0 Å². The van der Waals surface area contributed by atoms with Crippen LogP contribution in [0.15, 0.2) is 30.3 Å². The van der Waals surface area contributed by atoms with Gasteiger partial charge < -0.3 is 15.8 Å². The van der Waals surface area contributed by atoms with Gasteiger partial charge in [0, 0.05) is 13.2 Å². The Hall–Kier alpha value is -1.39. The molecule has 0 saturated heterocycles. The van der Waals surface area contributed by atoms with E-state index in [2.05, 4.69) is 12.2 Å². The molecule has 0 aliphatic carbocycles. The van der Waals surface area contributed by atoms with Gasteiger partial charge in [0.25, 0.3) is 0 Å². The minimum absolute atomic E-state index is 0.0542. The van der Waals surface area contributed by atoms with E-state index < -0.39 is 0 Å². The Morgan fingerprint density at radius 3 is 2.75 bits per heavy atom. The number of carbonyl (C=O) groups excluding carboxylic acids is 1. The molecule has 20 heavy (non-hydrogen) atoms.